The van der Waals surface area contributed by atoms with Gasteiger partial charge in [-0.1, -0.05) is 16.8 Å². The lowest BCUT2D eigenvalue weighted by atomic mass is 10.1. The number of nitrogens with two attached hydrogens (primary N) is 1. The fourth-order valence-electron chi connectivity index (χ4n) is 2.47. The van der Waals surface area contributed by atoms with E-state index in [-0.39, 0.29) is 24.5 Å². The highest BCUT2D eigenvalue weighted by molar-refractivity contribution is 7.89. The van der Waals surface area contributed by atoms with Gasteiger partial charge in [0.05, 0.1) is 10.5 Å². The highest BCUT2D eigenvalue weighted by atomic mass is 35.5. The third-order valence-electron chi connectivity index (χ3n) is 3.85. The molecule has 1 aromatic heterocycles. The largest absolute Gasteiger partial charge is 0.418 e. The van der Waals surface area contributed by atoms with Crippen LogP contribution in [0.4, 0.5) is 18.9 Å². The summed E-state index contributed by atoms with van der Waals surface area (Å²) in [5, 5.41) is 11.9. The Morgan fingerprint density at radius 2 is 1.83 bits per heavy atom. The van der Waals surface area contributed by atoms with E-state index in [0.29, 0.717) is 22.5 Å². The SMILES string of the molecule is NS(=O)(=O)c1ccc(NCCc2nc(-c3ccc(Cl)cc3)no2)c(C(F)(F)F)c1. The van der Waals surface area contributed by atoms with Gasteiger partial charge in [0.2, 0.25) is 21.7 Å². The van der Waals surface area contributed by atoms with E-state index in [1.165, 1.54) is 0 Å². The van der Waals surface area contributed by atoms with Crippen LogP contribution in [-0.2, 0) is 22.6 Å². The van der Waals surface area contributed by atoms with Gasteiger partial charge in [0.1, 0.15) is 0 Å². The van der Waals surface area contributed by atoms with Gasteiger partial charge in [0.25, 0.3) is 0 Å². The summed E-state index contributed by atoms with van der Waals surface area (Å²) in [6, 6.07) is 9.24. The zero-order chi connectivity index (χ0) is 21.2. The smallest absolute Gasteiger partial charge is 0.384 e. The van der Waals surface area contributed by atoms with Gasteiger partial charge in [-0.05, 0) is 42.5 Å². The first-order valence-corrected chi connectivity index (χ1v) is 10.0. The number of sulfonamides is 1. The number of halogens is 4. The van der Waals surface area contributed by atoms with Gasteiger partial charge < -0.3 is 9.84 Å². The number of alkyl halides is 3. The van der Waals surface area contributed by atoms with Crippen LogP contribution < -0.4 is 10.5 Å². The minimum absolute atomic E-state index is 0.0417. The number of primary sulfonamides is 1. The van der Waals surface area contributed by atoms with Crippen LogP contribution in [0.3, 0.4) is 0 Å². The molecule has 29 heavy (non-hydrogen) atoms. The molecule has 0 bridgehead atoms. The molecule has 2 aromatic carbocycles. The summed E-state index contributed by atoms with van der Waals surface area (Å²) < 4.78 is 67.5. The van der Waals surface area contributed by atoms with E-state index in [4.69, 9.17) is 21.3 Å². The molecule has 12 heteroatoms. The van der Waals surface area contributed by atoms with Crippen LogP contribution in [0.2, 0.25) is 5.02 Å². The van der Waals surface area contributed by atoms with E-state index in [1.807, 2.05) is 0 Å². The molecule has 0 aliphatic carbocycles. The third-order valence-corrected chi connectivity index (χ3v) is 5.01. The second-order valence-corrected chi connectivity index (χ2v) is 7.94. The van der Waals surface area contributed by atoms with Crippen molar-refractivity contribution >= 4 is 27.3 Å². The van der Waals surface area contributed by atoms with Crippen molar-refractivity contribution in [1.82, 2.24) is 10.1 Å². The van der Waals surface area contributed by atoms with Crippen molar-refractivity contribution < 1.29 is 26.1 Å². The number of benzene rings is 2. The molecule has 0 amide bonds. The molecule has 0 aliphatic rings. The summed E-state index contributed by atoms with van der Waals surface area (Å²) in [6.07, 6.45) is -4.62. The van der Waals surface area contributed by atoms with Gasteiger partial charge >= 0.3 is 6.18 Å². The normalized spacial score (nSPS) is 12.2. The maximum atomic E-state index is 13.3. The first kappa shape index (κ1) is 21.1. The molecule has 0 saturated carbocycles. The third kappa shape index (κ3) is 5.25. The van der Waals surface area contributed by atoms with E-state index < -0.39 is 26.7 Å². The van der Waals surface area contributed by atoms with Crippen molar-refractivity contribution in [1.29, 1.82) is 0 Å². The van der Waals surface area contributed by atoms with Crippen molar-refractivity contribution in [3.8, 4) is 11.4 Å². The number of nitrogens with zero attached hydrogens (tertiary/aromatic N) is 2. The fourth-order valence-corrected chi connectivity index (χ4v) is 3.13. The van der Waals surface area contributed by atoms with Crippen LogP contribution in [0, 0.1) is 0 Å². The summed E-state index contributed by atoms with van der Waals surface area (Å²) in [5.74, 6) is 0.544. The zero-order valence-electron chi connectivity index (χ0n) is 14.6. The maximum absolute atomic E-state index is 13.3. The topological polar surface area (TPSA) is 111 Å². The predicted molar refractivity (Wildman–Crippen MR) is 99.8 cm³/mol. The average molecular weight is 447 g/mol. The summed E-state index contributed by atoms with van der Waals surface area (Å²) in [7, 11) is -4.26. The van der Waals surface area contributed by atoms with Gasteiger partial charge in [-0.3, -0.25) is 0 Å². The molecule has 7 nitrogen and oxygen atoms in total. The minimum Gasteiger partial charge on any atom is -0.384 e. The van der Waals surface area contributed by atoms with Crippen LogP contribution in [0.1, 0.15) is 11.5 Å². The second-order valence-electron chi connectivity index (χ2n) is 5.95. The Morgan fingerprint density at radius 3 is 2.45 bits per heavy atom. The Kier molecular flexibility index (Phi) is 5.82. The van der Waals surface area contributed by atoms with Gasteiger partial charge in [0.15, 0.2) is 0 Å². The maximum Gasteiger partial charge on any atom is 0.418 e. The van der Waals surface area contributed by atoms with E-state index in [1.54, 1.807) is 24.3 Å². The number of hydrogen-bond acceptors (Lipinski definition) is 6. The van der Waals surface area contributed by atoms with Crippen LogP contribution >= 0.6 is 11.6 Å². The van der Waals surface area contributed by atoms with Crippen LogP contribution in [0.25, 0.3) is 11.4 Å². The fraction of sp³-hybridized carbons (Fsp3) is 0.176. The molecule has 1 heterocycles. The molecule has 0 spiro atoms. The standard InChI is InChI=1S/C17H14ClF3N4O3S/c18-11-3-1-10(2-4-11)16-24-15(28-25-16)7-8-23-14-6-5-12(29(22,26)27)9-13(14)17(19,20)21/h1-6,9,23H,7-8H2,(H2,22,26,27). The van der Waals surface area contributed by atoms with Crippen molar-refractivity contribution in [2.24, 2.45) is 5.14 Å². The van der Waals surface area contributed by atoms with Gasteiger partial charge in [0, 0.05) is 29.2 Å². The van der Waals surface area contributed by atoms with Crippen LogP contribution in [0.5, 0.6) is 0 Å². The lowest BCUT2D eigenvalue weighted by molar-refractivity contribution is -0.137. The van der Waals surface area contributed by atoms with E-state index >= 15 is 0 Å². The lowest BCUT2D eigenvalue weighted by Gasteiger charge is -2.15. The van der Waals surface area contributed by atoms with E-state index in [9.17, 15) is 21.6 Å². The lowest BCUT2D eigenvalue weighted by Crippen LogP contribution is -2.17. The molecule has 0 aliphatic heterocycles. The van der Waals surface area contributed by atoms with Gasteiger partial charge in [-0.25, -0.2) is 13.6 Å². The Balaban J connectivity index is 1.71. The molecule has 0 radical (unpaired) electrons. The number of nitrogens with one attached hydrogen (secondary N) is 1. The number of rotatable bonds is 6. The Bertz CT molecular complexity index is 1120. The molecule has 154 valence electrons. The Morgan fingerprint density at radius 1 is 1.14 bits per heavy atom. The van der Waals surface area contributed by atoms with Crippen molar-refractivity contribution in [3.05, 3.63) is 58.9 Å². The Hall–Kier alpha value is -2.63. The van der Waals surface area contributed by atoms with Crippen molar-refractivity contribution in [3.63, 3.8) is 0 Å². The molecular formula is C17H14ClF3N4O3S. The number of hydrogen-bond donors (Lipinski definition) is 2. The monoisotopic (exact) mass is 446 g/mol. The van der Waals surface area contributed by atoms with Gasteiger partial charge in [-0.2, -0.15) is 18.2 Å². The summed E-state index contributed by atoms with van der Waals surface area (Å²) in [6.45, 7) is 0.0417. The molecule has 0 saturated heterocycles. The minimum atomic E-state index is -4.77. The zero-order valence-corrected chi connectivity index (χ0v) is 16.1. The molecule has 0 unspecified atom stereocenters. The summed E-state index contributed by atoms with van der Waals surface area (Å²) in [4.78, 5) is 3.55. The predicted octanol–water partition coefficient (Wildman–Crippen LogP) is 3.71. The first-order chi connectivity index (χ1) is 13.5. The molecule has 3 aromatic rings. The van der Waals surface area contributed by atoms with Crippen LogP contribution in [0.15, 0.2) is 51.9 Å². The first-order valence-electron chi connectivity index (χ1n) is 8.10. The quantitative estimate of drug-likeness (QED) is 0.597. The second kappa shape index (κ2) is 8.01. The van der Waals surface area contributed by atoms with Crippen molar-refractivity contribution in [2.75, 3.05) is 11.9 Å². The summed E-state index contributed by atoms with van der Waals surface area (Å²) in [5.41, 5.74) is -0.756. The van der Waals surface area contributed by atoms with E-state index in [0.717, 1.165) is 12.1 Å². The number of aromatic nitrogens is 2. The molecule has 0 atom stereocenters. The molecule has 3 N–H and O–H groups in total. The number of anilines is 1. The molecule has 0 fully saturated rings. The Labute approximate surface area is 168 Å². The highest BCUT2D eigenvalue weighted by Crippen LogP contribution is 2.36. The highest BCUT2D eigenvalue weighted by Gasteiger charge is 2.34. The van der Waals surface area contributed by atoms with E-state index in [2.05, 4.69) is 15.5 Å². The van der Waals surface area contributed by atoms with Crippen molar-refractivity contribution in [2.45, 2.75) is 17.5 Å². The van der Waals surface area contributed by atoms with Crippen LogP contribution in [-0.4, -0.2) is 25.1 Å². The van der Waals surface area contributed by atoms with Gasteiger partial charge in [-0.15, -0.1) is 0 Å². The average Bonchev–Trinajstić information content (AvgIpc) is 3.09. The summed E-state index contributed by atoms with van der Waals surface area (Å²) >= 11 is 5.82. The molecular weight excluding hydrogens is 433 g/mol. The molecule has 3 rings (SSSR count).